The van der Waals surface area contributed by atoms with Crippen molar-refractivity contribution in [2.75, 3.05) is 26.2 Å². The van der Waals surface area contributed by atoms with Crippen LogP contribution >= 0.6 is 0 Å². The molecule has 0 amide bonds. The van der Waals surface area contributed by atoms with E-state index in [0.717, 1.165) is 24.8 Å². The van der Waals surface area contributed by atoms with E-state index in [4.69, 9.17) is 4.74 Å². The molecule has 116 valence electrons. The molecule has 1 aliphatic heterocycles. The molecule has 1 N–H and O–H groups in total. The van der Waals surface area contributed by atoms with E-state index in [1.54, 1.807) is 6.08 Å². The molecule has 0 spiro atoms. The molecule has 0 bridgehead atoms. The molecular weight excluding hydrogens is 260 g/mol. The summed E-state index contributed by atoms with van der Waals surface area (Å²) >= 11 is 0. The first-order valence-electron chi connectivity index (χ1n) is 7.96. The zero-order valence-corrected chi connectivity index (χ0v) is 13.3. The largest absolute Gasteiger partial charge is 0.490 e. The molecular formula is C18H28N2O. The summed E-state index contributed by atoms with van der Waals surface area (Å²) in [5.74, 6) is 1.70. The molecule has 0 saturated carbocycles. The standard InChI is InChI=1S/C18H28N2O/c1-4-11-21-18-7-5-16(6-8-18)12-19-13-17-9-10-20(14-17)15(2)3/h4-8,15,17,19H,1,9-14H2,2-3H3. The molecule has 1 fully saturated rings. The average molecular weight is 288 g/mol. The number of rotatable bonds is 8. The highest BCUT2D eigenvalue weighted by Gasteiger charge is 2.23. The summed E-state index contributed by atoms with van der Waals surface area (Å²) in [5.41, 5.74) is 1.31. The number of nitrogens with zero attached hydrogens (tertiary/aromatic N) is 1. The molecule has 1 unspecified atom stereocenters. The Morgan fingerprint density at radius 1 is 1.38 bits per heavy atom. The van der Waals surface area contributed by atoms with Crippen LogP contribution in [0.1, 0.15) is 25.8 Å². The van der Waals surface area contributed by atoms with Gasteiger partial charge in [0.2, 0.25) is 0 Å². The fraction of sp³-hybridized carbons (Fsp3) is 0.556. The maximum absolute atomic E-state index is 5.49. The van der Waals surface area contributed by atoms with Crippen molar-refractivity contribution in [3.63, 3.8) is 0 Å². The van der Waals surface area contributed by atoms with Crippen LogP contribution in [0.4, 0.5) is 0 Å². The molecule has 0 aliphatic carbocycles. The summed E-state index contributed by atoms with van der Waals surface area (Å²) in [4.78, 5) is 2.57. The fourth-order valence-electron chi connectivity index (χ4n) is 2.78. The zero-order valence-electron chi connectivity index (χ0n) is 13.3. The van der Waals surface area contributed by atoms with E-state index in [-0.39, 0.29) is 0 Å². The molecule has 2 rings (SSSR count). The van der Waals surface area contributed by atoms with Gasteiger partial charge in [-0.05, 0) is 57.0 Å². The topological polar surface area (TPSA) is 24.5 Å². The van der Waals surface area contributed by atoms with Gasteiger partial charge in [-0.3, -0.25) is 0 Å². The quantitative estimate of drug-likeness (QED) is 0.744. The van der Waals surface area contributed by atoms with E-state index in [1.807, 2.05) is 12.1 Å². The Morgan fingerprint density at radius 3 is 2.76 bits per heavy atom. The van der Waals surface area contributed by atoms with E-state index >= 15 is 0 Å². The van der Waals surface area contributed by atoms with Crippen molar-refractivity contribution < 1.29 is 4.74 Å². The van der Waals surface area contributed by atoms with Crippen LogP contribution in [0, 0.1) is 5.92 Å². The Hall–Kier alpha value is -1.32. The second-order valence-electron chi connectivity index (χ2n) is 6.12. The summed E-state index contributed by atoms with van der Waals surface area (Å²) in [6.45, 7) is 13.3. The molecule has 0 radical (unpaired) electrons. The van der Waals surface area contributed by atoms with Gasteiger partial charge in [-0.15, -0.1) is 0 Å². The lowest BCUT2D eigenvalue weighted by Gasteiger charge is -2.20. The summed E-state index contributed by atoms with van der Waals surface area (Å²) in [6.07, 6.45) is 3.08. The summed E-state index contributed by atoms with van der Waals surface area (Å²) in [5, 5.41) is 3.58. The maximum atomic E-state index is 5.49. The molecule has 1 aliphatic rings. The predicted octanol–water partition coefficient (Wildman–Crippen LogP) is 3.07. The monoisotopic (exact) mass is 288 g/mol. The van der Waals surface area contributed by atoms with Crippen molar-refractivity contribution in [2.24, 2.45) is 5.92 Å². The number of hydrogen-bond donors (Lipinski definition) is 1. The number of likely N-dealkylation sites (tertiary alicyclic amines) is 1. The lowest BCUT2D eigenvalue weighted by molar-refractivity contribution is 0.264. The van der Waals surface area contributed by atoms with Crippen molar-refractivity contribution in [2.45, 2.75) is 32.9 Å². The van der Waals surface area contributed by atoms with Gasteiger partial charge >= 0.3 is 0 Å². The van der Waals surface area contributed by atoms with Crippen LogP contribution in [0.2, 0.25) is 0 Å². The molecule has 21 heavy (non-hydrogen) atoms. The van der Waals surface area contributed by atoms with Crippen molar-refractivity contribution in [1.82, 2.24) is 10.2 Å². The first-order valence-corrected chi connectivity index (χ1v) is 7.96. The summed E-state index contributed by atoms with van der Waals surface area (Å²) < 4.78 is 5.49. The lowest BCUT2D eigenvalue weighted by Crippen LogP contribution is -2.30. The summed E-state index contributed by atoms with van der Waals surface area (Å²) in [7, 11) is 0. The van der Waals surface area contributed by atoms with Gasteiger partial charge in [0.25, 0.3) is 0 Å². The van der Waals surface area contributed by atoms with Crippen LogP contribution in [-0.4, -0.2) is 37.2 Å². The van der Waals surface area contributed by atoms with E-state index in [9.17, 15) is 0 Å². The SMILES string of the molecule is C=CCOc1ccc(CNCC2CCN(C(C)C)C2)cc1. The van der Waals surface area contributed by atoms with Gasteiger partial charge in [0.05, 0.1) is 0 Å². The fourth-order valence-corrected chi connectivity index (χ4v) is 2.78. The third-order valence-corrected chi connectivity index (χ3v) is 4.10. The molecule has 0 aromatic heterocycles. The molecule has 3 heteroatoms. The average Bonchev–Trinajstić information content (AvgIpc) is 2.95. The molecule has 1 aromatic rings. The van der Waals surface area contributed by atoms with Gasteiger partial charge in [-0.2, -0.15) is 0 Å². The van der Waals surface area contributed by atoms with Crippen LogP contribution in [0.3, 0.4) is 0 Å². The van der Waals surface area contributed by atoms with Gasteiger partial charge in [0.15, 0.2) is 0 Å². The van der Waals surface area contributed by atoms with Crippen molar-refractivity contribution in [1.29, 1.82) is 0 Å². The Bertz CT molecular complexity index is 427. The van der Waals surface area contributed by atoms with E-state index in [1.165, 1.54) is 25.1 Å². The highest BCUT2D eigenvalue weighted by Crippen LogP contribution is 2.18. The van der Waals surface area contributed by atoms with Crippen LogP contribution in [0.5, 0.6) is 5.75 Å². The Balaban J connectivity index is 1.68. The lowest BCUT2D eigenvalue weighted by atomic mass is 10.1. The zero-order chi connectivity index (χ0) is 15.1. The second kappa shape index (κ2) is 8.20. The Morgan fingerprint density at radius 2 is 2.14 bits per heavy atom. The molecule has 1 heterocycles. The number of ether oxygens (including phenoxy) is 1. The molecule has 1 aromatic carbocycles. The van der Waals surface area contributed by atoms with Crippen LogP contribution < -0.4 is 10.1 Å². The van der Waals surface area contributed by atoms with Gasteiger partial charge < -0.3 is 15.0 Å². The minimum atomic E-state index is 0.561. The number of hydrogen-bond acceptors (Lipinski definition) is 3. The molecule has 3 nitrogen and oxygen atoms in total. The van der Waals surface area contributed by atoms with E-state index in [0.29, 0.717) is 12.6 Å². The number of nitrogens with one attached hydrogen (secondary N) is 1. The molecule has 1 atom stereocenters. The first-order chi connectivity index (χ1) is 10.2. The third kappa shape index (κ3) is 5.18. The number of benzene rings is 1. The van der Waals surface area contributed by atoms with Crippen molar-refractivity contribution in [3.05, 3.63) is 42.5 Å². The van der Waals surface area contributed by atoms with Crippen LogP contribution in [0.25, 0.3) is 0 Å². The smallest absolute Gasteiger partial charge is 0.119 e. The highest BCUT2D eigenvalue weighted by atomic mass is 16.5. The Kier molecular flexibility index (Phi) is 6.27. The Labute approximate surface area is 129 Å². The minimum absolute atomic E-state index is 0.561. The van der Waals surface area contributed by atoms with Crippen molar-refractivity contribution >= 4 is 0 Å². The second-order valence-corrected chi connectivity index (χ2v) is 6.12. The summed E-state index contributed by atoms with van der Waals surface area (Å²) in [6, 6.07) is 8.98. The van der Waals surface area contributed by atoms with E-state index in [2.05, 4.69) is 42.8 Å². The van der Waals surface area contributed by atoms with Crippen molar-refractivity contribution in [3.8, 4) is 5.75 Å². The molecule has 1 saturated heterocycles. The maximum Gasteiger partial charge on any atom is 0.119 e. The van der Waals surface area contributed by atoms with Gasteiger partial charge in [0.1, 0.15) is 12.4 Å². The van der Waals surface area contributed by atoms with Crippen LogP contribution in [-0.2, 0) is 6.54 Å². The third-order valence-electron chi connectivity index (χ3n) is 4.10. The van der Waals surface area contributed by atoms with E-state index < -0.39 is 0 Å². The highest BCUT2D eigenvalue weighted by molar-refractivity contribution is 5.27. The van der Waals surface area contributed by atoms with Gasteiger partial charge in [-0.25, -0.2) is 0 Å². The van der Waals surface area contributed by atoms with Crippen LogP contribution in [0.15, 0.2) is 36.9 Å². The normalized spacial score (nSPS) is 19.1. The van der Waals surface area contributed by atoms with Gasteiger partial charge in [-0.1, -0.05) is 24.8 Å². The minimum Gasteiger partial charge on any atom is -0.490 e. The predicted molar refractivity (Wildman–Crippen MR) is 88.7 cm³/mol. The van der Waals surface area contributed by atoms with Gasteiger partial charge in [0, 0.05) is 19.1 Å². The first kappa shape index (κ1) is 16.1.